The van der Waals surface area contributed by atoms with Gasteiger partial charge in [0.15, 0.2) is 5.75 Å². The van der Waals surface area contributed by atoms with Gasteiger partial charge in [-0.2, -0.15) is 85.3 Å². The predicted molar refractivity (Wildman–Crippen MR) is 281 cm³/mol. The van der Waals surface area contributed by atoms with E-state index in [2.05, 4.69) is 45.2 Å². The molecule has 0 N–H and O–H groups in total. The largest absolute Gasteiger partial charge is 0.523 e. The van der Waals surface area contributed by atoms with E-state index in [0.29, 0.717) is 14.2 Å². The zero-order valence-corrected chi connectivity index (χ0v) is 44.3. The molecule has 458 valence electrons. The maximum Gasteiger partial charge on any atom is 0.523 e. The van der Waals surface area contributed by atoms with Crippen LogP contribution in [0.5, 0.6) is 0 Å². The molecule has 0 aliphatic rings. The molecule has 0 spiro atoms. The standard InChI is InChI=1S/C8H10O3S.C7H7BrO3S.C7H7NO5S.C3H5F3O3S.C2H3F3O3S.2C2H6O3S.7CH4/c1-7-3-5-8(6-4-7)12(9,10)11-2;1-11-12(9,10)7-4-2-6(8)3-5-7;1-13-14(11,12)7-4-2-6(3-5-7)8(9)10;1-9-10(7,8)2-3(4,5)6;1-8-9(6,7)2(3,4)5;2*1-5-6(2,3)4;;;;;;;/h3-6H,1-2H3;2-5H,1H3;2-5H,1H3;2H2,1H3;1H3;2*1-2H3;7*1H4. The van der Waals surface area contributed by atoms with E-state index in [1.54, 1.807) is 24.3 Å². The van der Waals surface area contributed by atoms with Gasteiger partial charge in [-0.15, -0.1) is 0 Å². The Kier molecular flexibility index (Phi) is 54.7. The van der Waals surface area contributed by atoms with Crippen molar-refractivity contribution in [2.75, 3.05) is 68.0 Å². The van der Waals surface area contributed by atoms with Crippen LogP contribution in [0.2, 0.25) is 0 Å². The lowest BCUT2D eigenvalue weighted by molar-refractivity contribution is -0.384. The third kappa shape index (κ3) is 47.7. The molecule has 0 bridgehead atoms. The number of hydrogen-bond acceptors (Lipinski definition) is 23. The molecule has 24 nitrogen and oxygen atoms in total. The Balaban J connectivity index is -0.0000000722. The molecule has 3 aromatic carbocycles. The quantitative estimate of drug-likeness (QED) is 0.0537. The van der Waals surface area contributed by atoms with Gasteiger partial charge >= 0.3 is 21.8 Å². The highest BCUT2D eigenvalue weighted by Crippen LogP contribution is 2.23. The van der Waals surface area contributed by atoms with Crippen molar-refractivity contribution >= 4 is 92.4 Å². The fourth-order valence-electron chi connectivity index (χ4n) is 2.68. The van der Waals surface area contributed by atoms with Crippen LogP contribution in [-0.4, -0.2) is 144 Å². The first-order valence-corrected chi connectivity index (χ1v) is 28.1. The smallest absolute Gasteiger partial charge is 0.274 e. The number of aryl methyl sites for hydroxylation is 1. The van der Waals surface area contributed by atoms with Crippen molar-refractivity contribution < 1.29 is 119 Å². The molecular weight excluding hydrogens is 1260 g/mol. The van der Waals surface area contributed by atoms with Crippen molar-refractivity contribution in [3.63, 3.8) is 0 Å². The van der Waals surface area contributed by atoms with E-state index < -0.39 is 93.2 Å². The fraction of sp³-hybridized carbons (Fsp3) is 0.526. The molecule has 0 atom stereocenters. The van der Waals surface area contributed by atoms with Gasteiger partial charge in [0.05, 0.1) is 81.9 Å². The van der Waals surface area contributed by atoms with E-state index in [0.717, 1.165) is 82.4 Å². The van der Waals surface area contributed by atoms with E-state index in [1.165, 1.54) is 24.3 Å². The second-order valence-electron chi connectivity index (χ2n) is 11.2. The summed E-state index contributed by atoms with van der Waals surface area (Å²) in [5.74, 6) is -1.93. The Morgan fingerprint density at radius 1 is 0.461 bits per heavy atom. The van der Waals surface area contributed by atoms with Crippen molar-refractivity contribution in [2.24, 2.45) is 0 Å². The third-order valence-corrected chi connectivity index (χ3v) is 13.9. The summed E-state index contributed by atoms with van der Waals surface area (Å²) in [6, 6.07) is 17.2. The van der Waals surface area contributed by atoms with Gasteiger partial charge in [-0.05, 0) is 55.5 Å². The molecule has 0 saturated carbocycles. The number of hydrogen-bond donors (Lipinski definition) is 0. The first kappa shape index (κ1) is 98.0. The van der Waals surface area contributed by atoms with Gasteiger partial charge in [-0.1, -0.05) is 85.6 Å². The number of halogens is 7. The Morgan fingerprint density at radius 3 is 0.868 bits per heavy atom. The highest BCUT2D eigenvalue weighted by molar-refractivity contribution is 9.10. The molecule has 0 aromatic heterocycles. The molecule has 0 heterocycles. The minimum absolute atomic E-state index is 0. The molecule has 0 aliphatic carbocycles. The second-order valence-corrected chi connectivity index (χ2v) is 24.2. The van der Waals surface area contributed by atoms with E-state index in [-0.39, 0.29) is 72.4 Å². The number of alkyl halides is 6. The van der Waals surface area contributed by atoms with Gasteiger partial charge in [0.1, 0.15) is 0 Å². The molecule has 0 saturated heterocycles. The van der Waals surface area contributed by atoms with Gasteiger partial charge in [-0.3, -0.25) is 39.4 Å². The second kappa shape index (κ2) is 42.4. The van der Waals surface area contributed by atoms with Crippen LogP contribution in [0, 0.1) is 17.0 Å². The highest BCUT2D eigenvalue weighted by atomic mass is 79.9. The first-order chi connectivity index (χ1) is 30.8. The molecule has 76 heavy (non-hydrogen) atoms. The predicted octanol–water partition coefficient (Wildman–Crippen LogP) is 8.69. The van der Waals surface area contributed by atoms with Gasteiger partial charge in [0.25, 0.3) is 66.4 Å². The number of nitro benzene ring substituents is 1. The summed E-state index contributed by atoms with van der Waals surface area (Å²) in [6.07, 6.45) is -2.74. The molecule has 0 unspecified atom stereocenters. The lowest BCUT2D eigenvalue weighted by Crippen LogP contribution is -2.23. The van der Waals surface area contributed by atoms with Crippen molar-refractivity contribution in [1.82, 2.24) is 0 Å². The first-order valence-electron chi connectivity index (χ1n) is 16.5. The summed E-state index contributed by atoms with van der Waals surface area (Å²) in [7, 11) is -20.2. The van der Waals surface area contributed by atoms with Crippen LogP contribution >= 0.6 is 15.9 Å². The van der Waals surface area contributed by atoms with Crippen LogP contribution in [0.3, 0.4) is 0 Å². The molecule has 0 radical (unpaired) electrons. The lowest BCUT2D eigenvalue weighted by atomic mass is 10.2. The molecular formula is C38H72BrF6NO23S7. The number of non-ortho nitro benzene ring substituents is 1. The van der Waals surface area contributed by atoms with Crippen LogP contribution in [-0.2, 0) is 100 Å². The zero-order chi connectivity index (χ0) is 55.7. The molecule has 0 amide bonds. The zero-order valence-electron chi connectivity index (χ0n) is 37.0. The topological polar surface area (TPSA) is 347 Å². The van der Waals surface area contributed by atoms with Gasteiger partial charge in [0, 0.05) is 16.6 Å². The van der Waals surface area contributed by atoms with Crippen molar-refractivity contribution in [3.8, 4) is 0 Å². The summed E-state index contributed by atoms with van der Waals surface area (Å²) in [4.78, 5) is 9.89. The van der Waals surface area contributed by atoms with Crippen molar-refractivity contribution in [3.05, 3.63) is 92.9 Å². The molecule has 3 rings (SSSR count). The summed E-state index contributed by atoms with van der Waals surface area (Å²) in [5.41, 5.74) is -4.45. The van der Waals surface area contributed by atoms with E-state index >= 15 is 0 Å². The van der Waals surface area contributed by atoms with Crippen LogP contribution in [0.25, 0.3) is 0 Å². The van der Waals surface area contributed by atoms with Gasteiger partial charge < -0.3 is 0 Å². The fourth-order valence-corrected chi connectivity index (χ4v) is 5.64. The average Bonchev–Trinajstić information content (AvgIpc) is 3.23. The number of nitro groups is 1. The van der Waals surface area contributed by atoms with Crippen LogP contribution in [0.1, 0.15) is 57.6 Å². The number of rotatable bonds is 12. The van der Waals surface area contributed by atoms with Crippen LogP contribution < -0.4 is 0 Å². The SMILES string of the molecule is C.C.C.C.C.C.C.COS(=O)(=O)C(F)(F)F.COS(=O)(=O)CC(F)(F)F.COS(=O)(=O)c1ccc(Br)cc1.COS(=O)(=O)c1ccc(C)cc1.COS(=O)(=O)c1ccc([N+](=O)[O-])cc1.COS(C)(=O)=O.COS(C)(=O)=O. The number of benzene rings is 3. The van der Waals surface area contributed by atoms with E-state index in [9.17, 15) is 95.4 Å². The van der Waals surface area contributed by atoms with Crippen molar-refractivity contribution in [1.29, 1.82) is 0 Å². The number of nitrogens with zero attached hydrogens (tertiary/aromatic N) is 1. The molecule has 0 fully saturated rings. The van der Waals surface area contributed by atoms with E-state index in [4.69, 9.17) is 0 Å². The molecule has 0 aliphatic heterocycles. The summed E-state index contributed by atoms with van der Waals surface area (Å²) in [5, 5.41) is 10.3. The Labute approximate surface area is 455 Å². The lowest BCUT2D eigenvalue weighted by Gasteiger charge is -2.04. The summed E-state index contributed by atoms with van der Waals surface area (Å²) >= 11 is 3.20. The van der Waals surface area contributed by atoms with Gasteiger partial charge in [-0.25, -0.2) is 0 Å². The molecule has 3 aromatic rings. The molecule has 38 heteroatoms. The minimum Gasteiger partial charge on any atom is -0.274 e. The normalized spacial score (nSPS) is 11.0. The minimum atomic E-state index is -5.34. The van der Waals surface area contributed by atoms with Crippen molar-refractivity contribution in [2.45, 2.75) is 85.3 Å². The maximum absolute atomic E-state index is 11.3. The van der Waals surface area contributed by atoms with Crippen LogP contribution in [0.4, 0.5) is 32.0 Å². The Morgan fingerprint density at radius 2 is 0.711 bits per heavy atom. The highest BCUT2D eigenvalue weighted by Gasteiger charge is 2.46. The van der Waals surface area contributed by atoms with E-state index in [1.807, 2.05) is 6.92 Å². The Hall–Kier alpha value is -3.51. The summed E-state index contributed by atoms with van der Waals surface area (Å²) in [6.45, 7) is 1.89. The monoisotopic (exact) mass is 1330 g/mol. The van der Waals surface area contributed by atoms with Crippen LogP contribution in [0.15, 0.2) is 92.0 Å². The average molecular weight is 1330 g/mol. The summed E-state index contributed by atoms with van der Waals surface area (Å²) < 4.78 is 241. The van der Waals surface area contributed by atoms with Gasteiger partial charge in [0.2, 0.25) is 0 Å². The third-order valence-electron chi connectivity index (χ3n) is 6.11. The Bertz CT molecular complexity index is 2710. The maximum atomic E-state index is 11.3.